The number of nitrogens with one attached hydrogen (secondary N) is 1. The monoisotopic (exact) mass is 495 g/mol. The lowest BCUT2D eigenvalue weighted by molar-refractivity contribution is -0.156. The third-order valence-electron chi connectivity index (χ3n) is 4.89. The first-order chi connectivity index (χ1) is 14.2. The molecule has 0 radical (unpaired) electrons. The molecule has 0 saturated heterocycles. The zero-order chi connectivity index (χ0) is 21.9. The summed E-state index contributed by atoms with van der Waals surface area (Å²) in [4.78, 5) is 12.1. The van der Waals surface area contributed by atoms with E-state index >= 15 is 0 Å². The fourth-order valence-electron chi connectivity index (χ4n) is 3.20. The second-order valence-corrected chi connectivity index (χ2v) is 9.62. The number of aliphatic hydroxyl groups excluding tert-OH is 1. The van der Waals surface area contributed by atoms with Gasteiger partial charge in [0.15, 0.2) is 0 Å². The molecule has 0 unspecified atom stereocenters. The summed E-state index contributed by atoms with van der Waals surface area (Å²) < 4.78 is 38.8. The Hall–Kier alpha value is -2.20. The summed E-state index contributed by atoms with van der Waals surface area (Å²) in [6, 6.07) is 13.8. The summed E-state index contributed by atoms with van der Waals surface area (Å²) in [6.07, 6.45) is 0.144. The lowest BCUT2D eigenvalue weighted by atomic mass is 9.83. The van der Waals surface area contributed by atoms with Crippen molar-refractivity contribution >= 4 is 31.9 Å². The highest BCUT2D eigenvalue weighted by atomic mass is 79.9. The van der Waals surface area contributed by atoms with Crippen molar-refractivity contribution in [2.75, 3.05) is 13.7 Å². The second-order valence-electron chi connectivity index (χ2n) is 6.94. The second kappa shape index (κ2) is 9.30. The van der Waals surface area contributed by atoms with Gasteiger partial charge in [-0.15, -0.1) is 0 Å². The van der Waals surface area contributed by atoms with Gasteiger partial charge in [0.2, 0.25) is 22.1 Å². The van der Waals surface area contributed by atoms with E-state index in [1.807, 2.05) is 31.2 Å². The van der Waals surface area contributed by atoms with Gasteiger partial charge < -0.3 is 14.6 Å². The van der Waals surface area contributed by atoms with Gasteiger partial charge in [0.25, 0.3) is 0 Å². The highest BCUT2D eigenvalue weighted by Gasteiger charge is 2.37. The molecule has 0 amide bonds. The van der Waals surface area contributed by atoms with Gasteiger partial charge in [0.1, 0.15) is 0 Å². The molecule has 2 aromatic carbocycles. The van der Waals surface area contributed by atoms with Crippen LogP contribution < -0.4 is 4.72 Å². The van der Waals surface area contributed by atoms with Crippen LogP contribution in [0.4, 0.5) is 0 Å². The number of benzene rings is 2. The average molecular weight is 496 g/mol. The first-order valence-corrected chi connectivity index (χ1v) is 11.5. The Labute approximate surface area is 183 Å². The number of halogens is 1. The molecule has 0 spiro atoms. The Kier molecular flexibility index (Phi) is 6.97. The van der Waals surface area contributed by atoms with Crippen molar-refractivity contribution in [1.82, 2.24) is 4.72 Å². The Morgan fingerprint density at radius 3 is 2.40 bits per heavy atom. The Morgan fingerprint density at radius 1 is 1.17 bits per heavy atom. The van der Waals surface area contributed by atoms with Crippen LogP contribution in [0, 0.1) is 12.8 Å². The molecule has 0 aliphatic carbocycles. The van der Waals surface area contributed by atoms with Crippen molar-refractivity contribution in [2.45, 2.75) is 24.0 Å². The van der Waals surface area contributed by atoms with Gasteiger partial charge in [-0.05, 0) is 42.8 Å². The number of carbonyl (C=O) groups excluding carboxylic acids is 1. The minimum atomic E-state index is -3.78. The van der Waals surface area contributed by atoms with Crippen LogP contribution in [0.15, 0.2) is 69.7 Å². The smallest absolute Gasteiger partial charge is 0.373 e. The third kappa shape index (κ3) is 5.10. The van der Waals surface area contributed by atoms with Gasteiger partial charge in [0, 0.05) is 22.9 Å². The van der Waals surface area contributed by atoms with Gasteiger partial charge in [-0.3, -0.25) is 0 Å². The third-order valence-corrected chi connectivity index (χ3v) is 6.86. The molecular formula is C21H22BrNO6S. The van der Waals surface area contributed by atoms with E-state index in [9.17, 15) is 18.3 Å². The lowest BCUT2D eigenvalue weighted by Crippen LogP contribution is -2.42. The molecule has 3 atom stereocenters. The van der Waals surface area contributed by atoms with Gasteiger partial charge in [-0.25, -0.2) is 17.9 Å². The number of hydrogen-bond acceptors (Lipinski definition) is 6. The average Bonchev–Trinajstić information content (AvgIpc) is 2.72. The molecule has 0 fully saturated rings. The highest BCUT2D eigenvalue weighted by Crippen LogP contribution is 2.36. The van der Waals surface area contributed by atoms with Crippen LogP contribution in [0.2, 0.25) is 0 Å². The molecule has 1 heterocycles. The largest absolute Gasteiger partial charge is 0.463 e. The van der Waals surface area contributed by atoms with Crippen molar-refractivity contribution in [3.63, 3.8) is 0 Å². The van der Waals surface area contributed by atoms with Crippen LogP contribution >= 0.6 is 15.9 Å². The molecule has 0 aromatic heterocycles. The number of carbonyl (C=O) groups is 1. The van der Waals surface area contributed by atoms with E-state index < -0.39 is 34.1 Å². The number of ether oxygens (including phenoxy) is 2. The summed E-state index contributed by atoms with van der Waals surface area (Å²) in [6.45, 7) is 1.77. The fourth-order valence-corrected chi connectivity index (χ4v) is 4.54. The van der Waals surface area contributed by atoms with E-state index in [4.69, 9.17) is 9.47 Å². The first kappa shape index (κ1) is 22.5. The normalized spacial score (nSPS) is 21.5. The van der Waals surface area contributed by atoms with Gasteiger partial charge in [-0.2, -0.15) is 0 Å². The zero-order valence-electron chi connectivity index (χ0n) is 16.4. The minimum absolute atomic E-state index is 0.0942. The van der Waals surface area contributed by atoms with Gasteiger partial charge in [-0.1, -0.05) is 45.8 Å². The molecule has 3 rings (SSSR count). The molecule has 2 aromatic rings. The van der Waals surface area contributed by atoms with Crippen LogP contribution in [0.1, 0.15) is 17.0 Å². The molecule has 30 heavy (non-hydrogen) atoms. The molecule has 1 aliphatic rings. The summed E-state index contributed by atoms with van der Waals surface area (Å²) in [5.41, 5.74) is 1.74. The van der Waals surface area contributed by atoms with Crippen LogP contribution in [-0.2, 0) is 24.3 Å². The predicted octanol–water partition coefficient (Wildman–Crippen LogP) is 2.84. The summed E-state index contributed by atoms with van der Waals surface area (Å²) in [7, 11) is -2.57. The number of methoxy groups -OCH3 is 1. The van der Waals surface area contributed by atoms with E-state index in [0.29, 0.717) is 0 Å². The topological polar surface area (TPSA) is 102 Å². The molecule has 0 bridgehead atoms. The number of rotatable bonds is 6. The van der Waals surface area contributed by atoms with Crippen molar-refractivity contribution in [1.29, 1.82) is 0 Å². The quantitative estimate of drug-likeness (QED) is 0.597. The van der Waals surface area contributed by atoms with Crippen molar-refractivity contribution in [3.05, 3.63) is 76.0 Å². The molecule has 0 saturated carbocycles. The van der Waals surface area contributed by atoms with E-state index in [1.165, 1.54) is 19.2 Å². The van der Waals surface area contributed by atoms with Gasteiger partial charge in [0.05, 0.1) is 12.0 Å². The molecule has 9 heteroatoms. The summed E-state index contributed by atoms with van der Waals surface area (Å²) in [5.74, 6) is -1.97. The maximum atomic E-state index is 12.7. The standard InChI is InChI=1S/C21H22BrNO6S/c1-13-3-9-16(10-4-13)30(26,27)23-12-18-17(14-5-7-15(22)8-6-14)11-19(21(25)28-2)29-20(18)24/h3-11,17-18,20,23-24H,12H2,1-2H3/t17-,18-,20+/m1/s1. The highest BCUT2D eigenvalue weighted by molar-refractivity contribution is 9.10. The molecule has 160 valence electrons. The van der Waals surface area contributed by atoms with Gasteiger partial charge >= 0.3 is 5.97 Å². The van der Waals surface area contributed by atoms with Crippen LogP contribution in [-0.4, -0.2) is 39.4 Å². The summed E-state index contributed by atoms with van der Waals surface area (Å²) >= 11 is 3.38. The van der Waals surface area contributed by atoms with Crippen molar-refractivity contribution in [3.8, 4) is 0 Å². The Bertz CT molecular complexity index is 1030. The number of esters is 1. The maximum absolute atomic E-state index is 12.7. The summed E-state index contributed by atoms with van der Waals surface area (Å²) in [5, 5.41) is 10.6. The van der Waals surface area contributed by atoms with E-state index in [1.54, 1.807) is 18.2 Å². The van der Waals surface area contributed by atoms with Crippen molar-refractivity contribution < 1.29 is 27.8 Å². The van der Waals surface area contributed by atoms with E-state index in [2.05, 4.69) is 20.7 Å². The number of aliphatic hydroxyl groups is 1. The predicted molar refractivity (Wildman–Crippen MR) is 114 cm³/mol. The number of hydrogen-bond donors (Lipinski definition) is 2. The Balaban J connectivity index is 1.88. The SMILES string of the molecule is COC(=O)C1=C[C@H](c2ccc(Br)cc2)[C@@H](CNS(=O)(=O)c2ccc(C)cc2)[C@@H](O)O1. The van der Waals surface area contributed by atoms with Crippen LogP contribution in [0.5, 0.6) is 0 Å². The molecule has 7 nitrogen and oxygen atoms in total. The fraction of sp³-hybridized carbons (Fsp3) is 0.286. The molecule has 1 aliphatic heterocycles. The maximum Gasteiger partial charge on any atom is 0.373 e. The number of allylic oxidation sites excluding steroid dienone is 1. The first-order valence-electron chi connectivity index (χ1n) is 9.18. The molecular weight excluding hydrogens is 474 g/mol. The Morgan fingerprint density at radius 2 is 1.80 bits per heavy atom. The molecule has 2 N–H and O–H groups in total. The van der Waals surface area contributed by atoms with E-state index in [0.717, 1.165) is 15.6 Å². The minimum Gasteiger partial charge on any atom is -0.463 e. The zero-order valence-corrected chi connectivity index (χ0v) is 18.8. The number of aryl methyl sites for hydroxylation is 1. The van der Waals surface area contributed by atoms with Crippen LogP contribution in [0.3, 0.4) is 0 Å². The lowest BCUT2D eigenvalue weighted by Gasteiger charge is -2.34. The van der Waals surface area contributed by atoms with Crippen LogP contribution in [0.25, 0.3) is 0 Å². The number of sulfonamides is 1. The van der Waals surface area contributed by atoms with E-state index in [-0.39, 0.29) is 17.2 Å². The van der Waals surface area contributed by atoms with Crippen molar-refractivity contribution in [2.24, 2.45) is 5.92 Å².